The number of amides is 3. The maximum Gasteiger partial charge on any atom is 0.323 e. The van der Waals surface area contributed by atoms with Gasteiger partial charge in [-0.2, -0.15) is 0 Å². The molecule has 2 rings (SSSR count). The highest BCUT2D eigenvalue weighted by Gasteiger charge is 2.28. The predicted molar refractivity (Wildman–Crippen MR) is 64.2 cm³/mol. The summed E-state index contributed by atoms with van der Waals surface area (Å²) < 4.78 is 5.15. The third-order valence-electron chi connectivity index (χ3n) is 2.41. The molecule has 0 bridgehead atoms. The summed E-state index contributed by atoms with van der Waals surface area (Å²) in [5, 5.41) is 11.4. The lowest BCUT2D eigenvalue weighted by atomic mass is 10.3. The fourth-order valence-corrected chi connectivity index (χ4v) is 2.10. The summed E-state index contributed by atoms with van der Waals surface area (Å²) in [6.07, 6.45) is -0.749. The molecule has 9 heteroatoms. The first-order valence-corrected chi connectivity index (χ1v) is 6.15. The quantitative estimate of drug-likeness (QED) is 0.758. The molecular weight excluding hydrogens is 258 g/mol. The molecule has 3 N–H and O–H groups in total. The van der Waals surface area contributed by atoms with Crippen LogP contribution in [0.4, 0.5) is 9.93 Å². The molecule has 1 aromatic rings. The van der Waals surface area contributed by atoms with Crippen LogP contribution in [0.5, 0.6) is 0 Å². The smallest absolute Gasteiger partial charge is 0.323 e. The van der Waals surface area contributed by atoms with E-state index in [0.29, 0.717) is 11.7 Å². The molecule has 1 saturated heterocycles. The molecule has 0 spiro atoms. The highest BCUT2D eigenvalue weighted by atomic mass is 32.1. The first-order chi connectivity index (χ1) is 8.56. The highest BCUT2D eigenvalue weighted by Crippen LogP contribution is 2.15. The zero-order valence-corrected chi connectivity index (χ0v) is 10.6. The second-order valence-corrected chi connectivity index (χ2v) is 4.95. The number of aryl methyl sites for hydroxylation is 1. The molecule has 18 heavy (non-hydrogen) atoms. The van der Waals surface area contributed by atoms with E-state index in [1.165, 1.54) is 16.2 Å². The summed E-state index contributed by atoms with van der Waals surface area (Å²) in [6.45, 7) is 2.65. The number of hydrogen-bond donors (Lipinski definition) is 2. The number of rotatable bonds is 2. The third-order valence-corrected chi connectivity index (χ3v) is 3.17. The number of hydrogen-bond acceptors (Lipinski definition) is 6. The Bertz CT molecular complexity index is 463. The van der Waals surface area contributed by atoms with E-state index >= 15 is 0 Å². The second-order valence-electron chi connectivity index (χ2n) is 3.76. The first-order valence-electron chi connectivity index (χ1n) is 5.33. The van der Waals surface area contributed by atoms with Crippen LogP contribution in [0.2, 0.25) is 0 Å². The van der Waals surface area contributed by atoms with Crippen LogP contribution in [0.25, 0.3) is 0 Å². The van der Waals surface area contributed by atoms with Crippen molar-refractivity contribution in [2.24, 2.45) is 5.73 Å². The van der Waals surface area contributed by atoms with Gasteiger partial charge in [0, 0.05) is 6.54 Å². The predicted octanol–water partition coefficient (Wildman–Crippen LogP) is -0.435. The molecule has 98 valence electrons. The number of nitrogens with zero attached hydrogens (tertiary/aromatic N) is 3. The third kappa shape index (κ3) is 2.93. The number of primary amides is 1. The maximum absolute atomic E-state index is 11.9. The van der Waals surface area contributed by atoms with Crippen LogP contribution in [-0.2, 0) is 9.53 Å². The molecule has 1 atom stereocenters. The van der Waals surface area contributed by atoms with E-state index in [1.54, 1.807) is 6.92 Å². The van der Waals surface area contributed by atoms with Crippen molar-refractivity contribution in [3.8, 4) is 0 Å². The number of carbonyl (C=O) groups is 2. The summed E-state index contributed by atoms with van der Waals surface area (Å²) in [5.41, 5.74) is 5.14. The van der Waals surface area contributed by atoms with E-state index in [1.807, 2.05) is 0 Å². The Morgan fingerprint density at radius 1 is 1.56 bits per heavy atom. The number of aromatic nitrogens is 2. The number of ether oxygens (including phenoxy) is 1. The number of urea groups is 1. The van der Waals surface area contributed by atoms with Crippen LogP contribution >= 0.6 is 11.3 Å². The number of morpholine rings is 1. The molecule has 8 nitrogen and oxygen atoms in total. The molecule has 1 aromatic heterocycles. The average molecular weight is 271 g/mol. The minimum absolute atomic E-state index is 0.152. The van der Waals surface area contributed by atoms with Gasteiger partial charge < -0.3 is 15.4 Å². The van der Waals surface area contributed by atoms with Crippen LogP contribution in [0.1, 0.15) is 5.01 Å². The fourth-order valence-electron chi connectivity index (χ4n) is 1.52. The van der Waals surface area contributed by atoms with E-state index in [2.05, 4.69) is 15.5 Å². The topological polar surface area (TPSA) is 110 Å². The lowest BCUT2D eigenvalue weighted by molar-refractivity contribution is -0.133. The molecule has 1 unspecified atom stereocenters. The number of anilines is 1. The molecule has 0 radical (unpaired) electrons. The van der Waals surface area contributed by atoms with Crippen molar-refractivity contribution in [2.75, 3.05) is 25.0 Å². The number of nitrogens with one attached hydrogen (secondary N) is 1. The Morgan fingerprint density at radius 2 is 2.33 bits per heavy atom. The molecule has 1 aliphatic rings. The normalized spacial score (nSPS) is 19.6. The number of nitrogens with two attached hydrogens (primary N) is 1. The van der Waals surface area contributed by atoms with E-state index in [-0.39, 0.29) is 19.2 Å². The van der Waals surface area contributed by atoms with Crippen LogP contribution in [0.15, 0.2) is 0 Å². The van der Waals surface area contributed by atoms with Gasteiger partial charge >= 0.3 is 6.03 Å². The minimum atomic E-state index is -0.749. The van der Waals surface area contributed by atoms with Gasteiger partial charge in [0.25, 0.3) is 0 Å². The zero-order valence-electron chi connectivity index (χ0n) is 9.75. The molecule has 1 aliphatic heterocycles. The van der Waals surface area contributed by atoms with Crippen molar-refractivity contribution < 1.29 is 14.3 Å². The molecule has 1 fully saturated rings. The Morgan fingerprint density at radius 3 is 2.94 bits per heavy atom. The highest BCUT2D eigenvalue weighted by molar-refractivity contribution is 7.15. The standard InChI is InChI=1S/C9H13N5O3S/c1-5-12-13-8(18-5)11-9(16)14-2-3-17-6(4-14)7(10)15/h6H,2-4H2,1H3,(H2,10,15)(H,11,13,16). The van der Waals surface area contributed by atoms with Crippen molar-refractivity contribution in [2.45, 2.75) is 13.0 Å². The van der Waals surface area contributed by atoms with Crippen LogP contribution in [0.3, 0.4) is 0 Å². The van der Waals surface area contributed by atoms with Crippen molar-refractivity contribution in [3.05, 3.63) is 5.01 Å². The van der Waals surface area contributed by atoms with Crippen molar-refractivity contribution >= 4 is 28.4 Å². The van der Waals surface area contributed by atoms with Gasteiger partial charge in [-0.15, -0.1) is 10.2 Å². The average Bonchev–Trinajstić information content (AvgIpc) is 2.75. The van der Waals surface area contributed by atoms with Gasteiger partial charge in [0.05, 0.1) is 13.2 Å². The molecule has 0 saturated carbocycles. The van der Waals surface area contributed by atoms with Gasteiger partial charge in [0.1, 0.15) is 5.01 Å². The second kappa shape index (κ2) is 5.27. The van der Waals surface area contributed by atoms with Crippen LogP contribution in [-0.4, -0.2) is 52.8 Å². The summed E-state index contributed by atoms with van der Waals surface area (Å²) >= 11 is 1.28. The van der Waals surface area contributed by atoms with Gasteiger partial charge in [-0.05, 0) is 6.92 Å². The Hall–Kier alpha value is -1.74. The Kier molecular flexibility index (Phi) is 3.72. The van der Waals surface area contributed by atoms with E-state index < -0.39 is 12.0 Å². The van der Waals surface area contributed by atoms with Gasteiger partial charge in [0.15, 0.2) is 6.10 Å². The summed E-state index contributed by atoms with van der Waals surface area (Å²) in [5.74, 6) is -0.570. The van der Waals surface area contributed by atoms with Gasteiger partial charge in [-0.1, -0.05) is 11.3 Å². The first kappa shape index (κ1) is 12.7. The minimum Gasteiger partial charge on any atom is -0.367 e. The van der Waals surface area contributed by atoms with Crippen molar-refractivity contribution in [1.82, 2.24) is 15.1 Å². The van der Waals surface area contributed by atoms with Gasteiger partial charge in [-0.3, -0.25) is 10.1 Å². The van der Waals surface area contributed by atoms with Crippen LogP contribution < -0.4 is 11.1 Å². The zero-order chi connectivity index (χ0) is 13.1. The molecule has 3 amide bonds. The monoisotopic (exact) mass is 271 g/mol. The van der Waals surface area contributed by atoms with E-state index in [0.717, 1.165) is 5.01 Å². The Labute approximate surface area is 107 Å². The van der Waals surface area contributed by atoms with Gasteiger partial charge in [0.2, 0.25) is 11.0 Å². The van der Waals surface area contributed by atoms with Crippen LogP contribution in [0, 0.1) is 6.92 Å². The SMILES string of the molecule is Cc1nnc(NC(=O)N2CCOC(C(N)=O)C2)s1. The lowest BCUT2D eigenvalue weighted by Gasteiger charge is -2.30. The summed E-state index contributed by atoms with van der Waals surface area (Å²) in [7, 11) is 0. The van der Waals surface area contributed by atoms with Gasteiger partial charge in [-0.25, -0.2) is 4.79 Å². The van der Waals surface area contributed by atoms with E-state index in [4.69, 9.17) is 10.5 Å². The molecular formula is C9H13N5O3S. The van der Waals surface area contributed by atoms with E-state index in [9.17, 15) is 9.59 Å². The fraction of sp³-hybridized carbons (Fsp3) is 0.556. The summed E-state index contributed by atoms with van der Waals surface area (Å²) in [6, 6.07) is -0.333. The Balaban J connectivity index is 1.94. The lowest BCUT2D eigenvalue weighted by Crippen LogP contribution is -2.51. The molecule has 2 heterocycles. The maximum atomic E-state index is 11.9. The van der Waals surface area contributed by atoms with Crippen molar-refractivity contribution in [3.63, 3.8) is 0 Å². The molecule has 0 aliphatic carbocycles. The van der Waals surface area contributed by atoms with Crippen molar-refractivity contribution in [1.29, 1.82) is 0 Å². The summed E-state index contributed by atoms with van der Waals surface area (Å²) in [4.78, 5) is 24.4. The molecule has 0 aromatic carbocycles. The largest absolute Gasteiger partial charge is 0.367 e. The number of carbonyl (C=O) groups excluding carboxylic acids is 2.